The van der Waals surface area contributed by atoms with Crippen molar-refractivity contribution in [2.24, 2.45) is 0 Å². The predicted molar refractivity (Wildman–Crippen MR) is 81.9 cm³/mol. The van der Waals surface area contributed by atoms with Crippen molar-refractivity contribution in [1.82, 2.24) is 10.2 Å². The highest BCUT2D eigenvalue weighted by Crippen LogP contribution is 2.19. The van der Waals surface area contributed by atoms with Crippen LogP contribution in [0.1, 0.15) is 32.1 Å². The molecule has 1 aliphatic heterocycles. The third kappa shape index (κ3) is 7.14. The van der Waals surface area contributed by atoms with Crippen LogP contribution in [0.5, 0.6) is 0 Å². The second-order valence-corrected chi connectivity index (χ2v) is 6.26. The minimum Gasteiger partial charge on any atom is -0.469 e. The SMILES string of the molecule is COC(=O)CCCNC(=O)CN1CCCC[C@H](SC)C1. The predicted octanol–water partition coefficient (Wildman–Crippen LogP) is 1.27. The van der Waals surface area contributed by atoms with E-state index in [1.807, 2.05) is 11.8 Å². The summed E-state index contributed by atoms with van der Waals surface area (Å²) in [5.74, 6) is -0.175. The average Bonchev–Trinajstić information content (AvgIpc) is 2.68. The van der Waals surface area contributed by atoms with Crippen LogP contribution in [0.25, 0.3) is 0 Å². The van der Waals surface area contributed by atoms with Gasteiger partial charge in [-0.2, -0.15) is 11.8 Å². The van der Waals surface area contributed by atoms with Crippen molar-refractivity contribution in [2.75, 3.05) is 39.5 Å². The molecule has 1 rings (SSSR count). The molecule has 0 bridgehead atoms. The molecule has 1 heterocycles. The van der Waals surface area contributed by atoms with Gasteiger partial charge in [-0.25, -0.2) is 0 Å². The Kier molecular flexibility index (Phi) is 8.69. The number of amides is 1. The summed E-state index contributed by atoms with van der Waals surface area (Å²) in [4.78, 5) is 25.0. The molecule has 0 unspecified atom stereocenters. The number of hydrogen-bond donors (Lipinski definition) is 1. The molecule has 1 amide bonds. The molecule has 0 saturated carbocycles. The maximum absolute atomic E-state index is 11.9. The van der Waals surface area contributed by atoms with E-state index in [0.717, 1.165) is 13.1 Å². The van der Waals surface area contributed by atoms with Crippen LogP contribution in [0.2, 0.25) is 0 Å². The van der Waals surface area contributed by atoms with Gasteiger partial charge in [0.15, 0.2) is 0 Å². The molecule has 116 valence electrons. The highest BCUT2D eigenvalue weighted by molar-refractivity contribution is 7.99. The summed E-state index contributed by atoms with van der Waals surface area (Å²) < 4.78 is 4.55. The molecule has 1 saturated heterocycles. The van der Waals surface area contributed by atoms with Crippen LogP contribution in [0.3, 0.4) is 0 Å². The lowest BCUT2D eigenvalue weighted by Crippen LogP contribution is -2.40. The van der Waals surface area contributed by atoms with E-state index in [4.69, 9.17) is 0 Å². The Morgan fingerprint density at radius 2 is 2.20 bits per heavy atom. The smallest absolute Gasteiger partial charge is 0.305 e. The molecule has 0 aliphatic carbocycles. The zero-order chi connectivity index (χ0) is 14.8. The van der Waals surface area contributed by atoms with Crippen molar-refractivity contribution in [3.63, 3.8) is 0 Å². The Morgan fingerprint density at radius 3 is 2.90 bits per heavy atom. The molecular formula is C14H26N2O3S. The summed E-state index contributed by atoms with van der Waals surface area (Å²) in [5.41, 5.74) is 0. The number of esters is 1. The van der Waals surface area contributed by atoms with E-state index in [9.17, 15) is 9.59 Å². The van der Waals surface area contributed by atoms with Gasteiger partial charge in [-0.3, -0.25) is 14.5 Å². The van der Waals surface area contributed by atoms with E-state index < -0.39 is 0 Å². The number of likely N-dealkylation sites (tertiary alicyclic amines) is 1. The first-order valence-electron chi connectivity index (χ1n) is 7.24. The van der Waals surface area contributed by atoms with Crippen LogP contribution in [0.4, 0.5) is 0 Å². The summed E-state index contributed by atoms with van der Waals surface area (Å²) in [6, 6.07) is 0. The largest absolute Gasteiger partial charge is 0.469 e. The van der Waals surface area contributed by atoms with Crippen LogP contribution in [0, 0.1) is 0 Å². The molecule has 20 heavy (non-hydrogen) atoms. The molecule has 1 aliphatic rings. The van der Waals surface area contributed by atoms with Crippen LogP contribution in [0.15, 0.2) is 0 Å². The van der Waals surface area contributed by atoms with E-state index >= 15 is 0 Å². The number of carbonyl (C=O) groups excluding carboxylic acids is 2. The van der Waals surface area contributed by atoms with Crippen molar-refractivity contribution in [2.45, 2.75) is 37.4 Å². The first-order chi connectivity index (χ1) is 9.65. The van der Waals surface area contributed by atoms with E-state index in [0.29, 0.717) is 31.2 Å². The standard InChI is InChI=1S/C14H26N2O3S/c1-19-14(18)7-5-8-15-13(17)11-16-9-4-3-6-12(10-16)20-2/h12H,3-11H2,1-2H3,(H,15,17)/t12-/m0/s1. The lowest BCUT2D eigenvalue weighted by Gasteiger charge is -2.22. The first-order valence-corrected chi connectivity index (χ1v) is 8.53. The lowest BCUT2D eigenvalue weighted by molar-refractivity contribution is -0.140. The summed E-state index contributed by atoms with van der Waals surface area (Å²) in [6.07, 6.45) is 6.80. The Bertz CT molecular complexity index is 313. The second-order valence-electron chi connectivity index (χ2n) is 5.12. The molecule has 6 heteroatoms. The van der Waals surface area contributed by atoms with Gasteiger partial charge in [0.1, 0.15) is 0 Å². The highest BCUT2D eigenvalue weighted by Gasteiger charge is 2.19. The van der Waals surface area contributed by atoms with Crippen molar-refractivity contribution in [3.8, 4) is 0 Å². The summed E-state index contributed by atoms with van der Waals surface area (Å²) in [5, 5.41) is 3.51. The number of hydrogen-bond acceptors (Lipinski definition) is 5. The van der Waals surface area contributed by atoms with E-state index in [1.54, 1.807) is 0 Å². The minimum absolute atomic E-state index is 0.0524. The van der Waals surface area contributed by atoms with Crippen molar-refractivity contribution >= 4 is 23.6 Å². The normalized spacial score (nSPS) is 20.2. The second kappa shape index (κ2) is 10.0. The Labute approximate surface area is 125 Å². The molecule has 0 aromatic rings. The molecule has 5 nitrogen and oxygen atoms in total. The number of nitrogens with zero attached hydrogens (tertiary/aromatic N) is 1. The fourth-order valence-electron chi connectivity index (χ4n) is 2.34. The maximum Gasteiger partial charge on any atom is 0.305 e. The van der Waals surface area contributed by atoms with Gasteiger partial charge < -0.3 is 10.1 Å². The van der Waals surface area contributed by atoms with Crippen LogP contribution in [-0.4, -0.2) is 61.6 Å². The maximum atomic E-state index is 11.9. The molecule has 0 aromatic heterocycles. The number of methoxy groups -OCH3 is 1. The van der Waals surface area contributed by atoms with Crippen molar-refractivity contribution < 1.29 is 14.3 Å². The monoisotopic (exact) mass is 302 g/mol. The van der Waals surface area contributed by atoms with Gasteiger partial charge in [-0.1, -0.05) is 6.42 Å². The number of carbonyl (C=O) groups is 2. The number of rotatable bonds is 7. The highest BCUT2D eigenvalue weighted by atomic mass is 32.2. The van der Waals surface area contributed by atoms with Crippen LogP contribution < -0.4 is 5.32 Å². The van der Waals surface area contributed by atoms with Gasteiger partial charge in [0.25, 0.3) is 0 Å². The van der Waals surface area contributed by atoms with Gasteiger partial charge in [0.2, 0.25) is 5.91 Å². The number of thioether (sulfide) groups is 1. The molecule has 1 N–H and O–H groups in total. The van der Waals surface area contributed by atoms with E-state index in [2.05, 4.69) is 21.2 Å². The third-order valence-electron chi connectivity index (χ3n) is 3.52. The zero-order valence-electron chi connectivity index (χ0n) is 12.5. The van der Waals surface area contributed by atoms with Gasteiger partial charge in [-0.05, 0) is 32.1 Å². The van der Waals surface area contributed by atoms with Crippen LogP contribution in [-0.2, 0) is 14.3 Å². The average molecular weight is 302 g/mol. The lowest BCUT2D eigenvalue weighted by atomic mass is 10.2. The summed E-state index contributed by atoms with van der Waals surface area (Å²) in [6.45, 7) is 3.01. The Hall–Kier alpha value is -0.750. The Morgan fingerprint density at radius 1 is 1.40 bits per heavy atom. The molecule has 1 fully saturated rings. The molecule has 0 aromatic carbocycles. The summed E-state index contributed by atoms with van der Waals surface area (Å²) in [7, 11) is 1.38. The van der Waals surface area contributed by atoms with Gasteiger partial charge in [-0.15, -0.1) is 0 Å². The molecule has 1 atom stereocenters. The Balaban J connectivity index is 2.18. The number of ether oxygens (including phenoxy) is 1. The fourth-order valence-corrected chi connectivity index (χ4v) is 3.10. The van der Waals surface area contributed by atoms with E-state index in [-0.39, 0.29) is 11.9 Å². The van der Waals surface area contributed by atoms with Gasteiger partial charge >= 0.3 is 5.97 Å². The summed E-state index contributed by atoms with van der Waals surface area (Å²) >= 11 is 1.89. The van der Waals surface area contributed by atoms with Crippen LogP contribution >= 0.6 is 11.8 Å². The quantitative estimate of drug-likeness (QED) is 0.567. The zero-order valence-corrected chi connectivity index (χ0v) is 13.3. The molecule has 0 radical (unpaired) electrons. The van der Waals surface area contributed by atoms with Gasteiger partial charge in [0, 0.05) is 24.8 Å². The van der Waals surface area contributed by atoms with E-state index in [1.165, 1.54) is 26.4 Å². The topological polar surface area (TPSA) is 58.6 Å². The molecule has 0 spiro atoms. The molecular weight excluding hydrogens is 276 g/mol. The van der Waals surface area contributed by atoms with Crippen molar-refractivity contribution in [3.05, 3.63) is 0 Å². The first kappa shape index (κ1) is 17.3. The third-order valence-corrected chi connectivity index (χ3v) is 4.57. The number of nitrogens with one attached hydrogen (secondary N) is 1. The minimum atomic E-state index is -0.227. The van der Waals surface area contributed by atoms with Crippen molar-refractivity contribution in [1.29, 1.82) is 0 Å². The fraction of sp³-hybridized carbons (Fsp3) is 0.857. The van der Waals surface area contributed by atoms with Gasteiger partial charge in [0.05, 0.1) is 13.7 Å².